The molecule has 2 rings (SSSR count). The van der Waals surface area contributed by atoms with Crippen molar-refractivity contribution in [3.8, 4) is 5.82 Å². The fraction of sp³-hybridized carbons (Fsp3) is 0.385. The fourth-order valence-electron chi connectivity index (χ4n) is 1.70. The summed E-state index contributed by atoms with van der Waals surface area (Å²) < 4.78 is 2.52. The molecule has 0 fully saturated rings. The summed E-state index contributed by atoms with van der Waals surface area (Å²) in [5, 5.41) is 4.57. The summed E-state index contributed by atoms with van der Waals surface area (Å²) in [7, 11) is 0. The van der Waals surface area contributed by atoms with Crippen LogP contribution in [0.5, 0.6) is 0 Å². The van der Waals surface area contributed by atoms with Crippen molar-refractivity contribution in [1.29, 1.82) is 0 Å². The van der Waals surface area contributed by atoms with E-state index in [1.807, 2.05) is 19.1 Å². The minimum absolute atomic E-state index is 0.0674. The van der Waals surface area contributed by atoms with Gasteiger partial charge in [-0.2, -0.15) is 9.78 Å². The third-order valence-electron chi connectivity index (χ3n) is 2.69. The normalized spacial score (nSPS) is 11.8. The van der Waals surface area contributed by atoms with Gasteiger partial charge in [-0.25, -0.2) is 4.98 Å². The van der Waals surface area contributed by atoms with Gasteiger partial charge in [-0.15, -0.1) is 0 Å². The molecule has 4 nitrogen and oxygen atoms in total. The second-order valence-corrected chi connectivity index (χ2v) is 6.19. The Morgan fingerprint density at radius 3 is 2.50 bits per heavy atom. The molecule has 0 aliphatic rings. The first kappa shape index (κ1) is 13.1. The SMILES string of the molecule is Cc1ccnc(-n2nc(C(C)(C)C)c(Br)c2N)c1. The lowest BCUT2D eigenvalue weighted by Crippen LogP contribution is -2.13. The number of anilines is 1. The Kier molecular flexibility index (Phi) is 3.19. The maximum Gasteiger partial charge on any atom is 0.155 e. The second kappa shape index (κ2) is 4.39. The molecule has 0 aliphatic carbocycles. The van der Waals surface area contributed by atoms with E-state index in [4.69, 9.17) is 5.73 Å². The smallest absolute Gasteiger partial charge is 0.155 e. The average molecular weight is 309 g/mol. The molecule has 2 aromatic heterocycles. The van der Waals surface area contributed by atoms with E-state index in [9.17, 15) is 0 Å². The lowest BCUT2D eigenvalue weighted by Gasteiger charge is -2.15. The number of nitrogens with two attached hydrogens (primary N) is 1. The molecule has 2 N–H and O–H groups in total. The fourth-order valence-corrected chi connectivity index (χ4v) is 2.54. The Hall–Kier alpha value is -1.36. The van der Waals surface area contributed by atoms with Crippen LogP contribution in [0.4, 0.5) is 5.82 Å². The van der Waals surface area contributed by atoms with Gasteiger partial charge in [0.05, 0.1) is 10.2 Å². The molecule has 0 spiro atoms. The summed E-state index contributed by atoms with van der Waals surface area (Å²) >= 11 is 3.52. The number of hydrogen-bond donors (Lipinski definition) is 1. The van der Waals surface area contributed by atoms with Crippen LogP contribution in [0.25, 0.3) is 5.82 Å². The van der Waals surface area contributed by atoms with Crippen LogP contribution in [0, 0.1) is 6.92 Å². The number of rotatable bonds is 1. The summed E-state index contributed by atoms with van der Waals surface area (Å²) in [6.07, 6.45) is 1.76. The predicted molar refractivity (Wildman–Crippen MR) is 76.9 cm³/mol. The molecule has 96 valence electrons. The van der Waals surface area contributed by atoms with Gasteiger partial charge in [-0.3, -0.25) is 0 Å². The van der Waals surface area contributed by atoms with Crippen molar-refractivity contribution < 1.29 is 0 Å². The number of aromatic nitrogens is 3. The summed E-state index contributed by atoms with van der Waals surface area (Å²) in [6.45, 7) is 8.33. The van der Waals surface area contributed by atoms with Crippen LogP contribution in [0.15, 0.2) is 22.8 Å². The molecule has 0 saturated heterocycles. The van der Waals surface area contributed by atoms with E-state index in [1.54, 1.807) is 10.9 Å². The number of aryl methyl sites for hydroxylation is 1. The van der Waals surface area contributed by atoms with Gasteiger partial charge in [0.1, 0.15) is 5.82 Å². The van der Waals surface area contributed by atoms with E-state index in [-0.39, 0.29) is 5.41 Å². The molecule has 5 heteroatoms. The summed E-state index contributed by atoms with van der Waals surface area (Å²) in [5.74, 6) is 1.32. The van der Waals surface area contributed by atoms with Crippen molar-refractivity contribution in [2.24, 2.45) is 0 Å². The quantitative estimate of drug-likeness (QED) is 0.880. The zero-order chi connectivity index (χ0) is 13.5. The molecule has 0 aliphatic heterocycles. The van der Waals surface area contributed by atoms with Crippen LogP contribution < -0.4 is 5.73 Å². The van der Waals surface area contributed by atoms with Crippen molar-refractivity contribution in [3.05, 3.63) is 34.1 Å². The lowest BCUT2D eigenvalue weighted by molar-refractivity contribution is 0.557. The van der Waals surface area contributed by atoms with E-state index < -0.39 is 0 Å². The first-order chi connectivity index (χ1) is 8.30. The largest absolute Gasteiger partial charge is 0.383 e. The van der Waals surface area contributed by atoms with Crippen LogP contribution >= 0.6 is 15.9 Å². The molecule has 2 heterocycles. The number of pyridine rings is 1. The number of halogens is 1. The minimum atomic E-state index is -0.0674. The standard InChI is InChI=1S/C13H17BrN4/c1-8-5-6-16-9(7-8)18-12(15)10(14)11(17-18)13(2,3)4/h5-7H,15H2,1-4H3. The summed E-state index contributed by atoms with van der Waals surface area (Å²) in [5.41, 5.74) is 8.09. The van der Waals surface area contributed by atoms with E-state index in [2.05, 4.69) is 46.8 Å². The highest BCUT2D eigenvalue weighted by Crippen LogP contribution is 2.33. The topological polar surface area (TPSA) is 56.7 Å². The van der Waals surface area contributed by atoms with Crippen LogP contribution in [0.2, 0.25) is 0 Å². The average Bonchev–Trinajstić information content (AvgIpc) is 2.55. The van der Waals surface area contributed by atoms with Crippen LogP contribution in [0.1, 0.15) is 32.0 Å². The van der Waals surface area contributed by atoms with E-state index in [0.29, 0.717) is 5.82 Å². The second-order valence-electron chi connectivity index (χ2n) is 5.40. The Balaban J connectivity index is 2.60. The molecule has 0 aromatic carbocycles. The molecule has 0 atom stereocenters. The minimum Gasteiger partial charge on any atom is -0.383 e. The van der Waals surface area contributed by atoms with Gasteiger partial charge in [-0.05, 0) is 40.5 Å². The van der Waals surface area contributed by atoms with Crippen molar-refractivity contribution >= 4 is 21.7 Å². The maximum atomic E-state index is 6.10. The predicted octanol–water partition coefficient (Wildman–Crippen LogP) is 3.22. The molecular weight excluding hydrogens is 292 g/mol. The molecule has 18 heavy (non-hydrogen) atoms. The third kappa shape index (κ3) is 2.27. The Labute approximate surface area is 115 Å². The van der Waals surface area contributed by atoms with Crippen molar-refractivity contribution in [2.45, 2.75) is 33.1 Å². The van der Waals surface area contributed by atoms with Gasteiger partial charge in [0.2, 0.25) is 0 Å². The van der Waals surface area contributed by atoms with Crippen molar-refractivity contribution in [3.63, 3.8) is 0 Å². The molecule has 0 bridgehead atoms. The van der Waals surface area contributed by atoms with Gasteiger partial charge in [0.15, 0.2) is 5.82 Å². The van der Waals surface area contributed by atoms with Crippen molar-refractivity contribution in [1.82, 2.24) is 14.8 Å². The van der Waals surface area contributed by atoms with Crippen LogP contribution in [-0.4, -0.2) is 14.8 Å². The van der Waals surface area contributed by atoms with Gasteiger partial charge in [0, 0.05) is 11.6 Å². The zero-order valence-electron chi connectivity index (χ0n) is 11.0. The maximum absolute atomic E-state index is 6.10. The molecule has 2 aromatic rings. The highest BCUT2D eigenvalue weighted by Gasteiger charge is 2.25. The Morgan fingerprint density at radius 1 is 1.33 bits per heavy atom. The molecular formula is C13H17BrN4. The highest BCUT2D eigenvalue weighted by molar-refractivity contribution is 9.10. The van der Waals surface area contributed by atoms with E-state index in [0.717, 1.165) is 21.5 Å². The first-order valence-corrected chi connectivity index (χ1v) is 6.57. The van der Waals surface area contributed by atoms with Gasteiger partial charge >= 0.3 is 0 Å². The summed E-state index contributed by atoms with van der Waals surface area (Å²) in [6, 6.07) is 3.91. The molecule has 0 saturated carbocycles. The molecule has 0 unspecified atom stereocenters. The van der Waals surface area contributed by atoms with Crippen LogP contribution in [-0.2, 0) is 5.41 Å². The number of hydrogen-bond acceptors (Lipinski definition) is 3. The summed E-state index contributed by atoms with van der Waals surface area (Å²) in [4.78, 5) is 4.31. The van der Waals surface area contributed by atoms with Gasteiger partial charge in [0.25, 0.3) is 0 Å². The lowest BCUT2D eigenvalue weighted by atomic mass is 9.92. The number of nitrogen functional groups attached to an aromatic ring is 1. The monoisotopic (exact) mass is 308 g/mol. The highest BCUT2D eigenvalue weighted by atomic mass is 79.9. The molecule has 0 radical (unpaired) electrons. The van der Waals surface area contributed by atoms with E-state index >= 15 is 0 Å². The number of nitrogens with zero attached hydrogens (tertiary/aromatic N) is 3. The van der Waals surface area contributed by atoms with Gasteiger partial charge in [-0.1, -0.05) is 20.8 Å². The third-order valence-corrected chi connectivity index (χ3v) is 3.47. The first-order valence-electron chi connectivity index (χ1n) is 5.78. The van der Waals surface area contributed by atoms with Crippen molar-refractivity contribution in [2.75, 3.05) is 5.73 Å². The van der Waals surface area contributed by atoms with E-state index in [1.165, 1.54) is 0 Å². The molecule has 0 amide bonds. The zero-order valence-corrected chi connectivity index (χ0v) is 12.6. The van der Waals surface area contributed by atoms with Crippen LogP contribution in [0.3, 0.4) is 0 Å². The Bertz CT molecular complexity index is 581. The Morgan fingerprint density at radius 2 is 2.00 bits per heavy atom. The van der Waals surface area contributed by atoms with Gasteiger partial charge < -0.3 is 5.73 Å².